The quantitative estimate of drug-likeness (QED) is 0.0148. The van der Waals surface area contributed by atoms with Crippen molar-refractivity contribution in [1.82, 2.24) is 40.4 Å². The summed E-state index contributed by atoms with van der Waals surface area (Å²) in [4.78, 5) is 94.8. The minimum atomic E-state index is -1.02. The Hall–Kier alpha value is -5.02. The molecule has 25 nitrogen and oxygen atoms in total. The topological polar surface area (TPSA) is 370 Å². The minimum Gasteiger partial charge on any atom is -1.00 e. The predicted octanol–water partition coefficient (Wildman–Crippen LogP) is 1.50. The van der Waals surface area contributed by atoms with Crippen LogP contribution in [-0.4, -0.2) is 154 Å². The summed E-state index contributed by atoms with van der Waals surface area (Å²) >= 11 is 22.4. The molecule has 3 saturated carbocycles. The molecule has 0 aliphatic heterocycles. The van der Waals surface area contributed by atoms with Crippen LogP contribution in [0.3, 0.4) is 0 Å². The number of carbonyl (C=O) groups excluding carboxylic acids is 7. The fraction of sp³-hybridized carbons (Fsp3) is 0.394. The van der Waals surface area contributed by atoms with Crippen molar-refractivity contribution in [2.75, 3.05) is 40.3 Å². The second-order valence-electron chi connectivity index (χ2n) is 21.7. The zero-order valence-electron chi connectivity index (χ0n) is 55.3. The average molecular weight is 1530 g/mol. The molecule has 3 aliphatic carbocycles. The Morgan fingerprint density at radius 3 is 1.47 bits per heavy atom. The van der Waals surface area contributed by atoms with E-state index >= 15 is 0 Å². The normalized spacial score (nSPS) is 16.4. The van der Waals surface area contributed by atoms with Gasteiger partial charge in [-0.25, -0.2) is 13.2 Å². The van der Waals surface area contributed by atoms with Gasteiger partial charge in [0.15, 0.2) is 11.4 Å². The fourth-order valence-electron chi connectivity index (χ4n) is 9.69. The number of nitrogens with zero attached hydrogens (tertiary/aromatic N) is 5. The number of nitrogens with one attached hydrogen (secondary N) is 3. The van der Waals surface area contributed by atoms with Crippen molar-refractivity contribution in [2.45, 2.75) is 129 Å². The van der Waals surface area contributed by atoms with Gasteiger partial charge in [-0.05, 0) is 80.8 Å². The van der Waals surface area contributed by atoms with Gasteiger partial charge >= 0.3 is 109 Å². The summed E-state index contributed by atoms with van der Waals surface area (Å²) in [5.74, 6) is -4.98. The van der Waals surface area contributed by atoms with Crippen LogP contribution in [0.15, 0.2) is 103 Å². The van der Waals surface area contributed by atoms with Gasteiger partial charge in [-0.3, -0.25) is 47.7 Å². The summed E-state index contributed by atoms with van der Waals surface area (Å²) in [7, 11) is 5.02. The van der Waals surface area contributed by atoms with E-state index in [2.05, 4.69) is 31.0 Å². The van der Waals surface area contributed by atoms with Crippen LogP contribution in [0.1, 0.15) is 98.9 Å². The molecule has 2 aromatic heterocycles. The molecule has 100 heavy (non-hydrogen) atoms. The first-order chi connectivity index (χ1) is 45.9. The maximum absolute atomic E-state index is 14.1. The maximum atomic E-state index is 14.1. The number of benzene rings is 5. The summed E-state index contributed by atoms with van der Waals surface area (Å²) in [6, 6.07) is 28.4. The van der Waals surface area contributed by atoms with Crippen LogP contribution in [0, 0.1) is 17.5 Å². The molecular weight excluding hydrogens is 1450 g/mol. The Morgan fingerprint density at radius 2 is 1.06 bits per heavy atom. The molecule has 5 amide bonds. The SMILES string of the molecule is C.C.COC1CC(N(CC(=O)NCc2cccc(Cl)c2F)C(=O)Cn2nc(C(N)=O)c3ccccc32)C1.COC1CC(N)C1.COC1CC(NCC(=O)NCc2cccc(Cl)c2F)C1.NC(=O)c1nn(CC(=O)O)c2ccccc12.O=C(CCl)CCc1cccc(Cl)c1F.O=CO[O-].[H-].[K+].[K+]. The Morgan fingerprint density at radius 1 is 0.650 bits per heavy atom. The number of ketones is 1. The standard InChI is InChI=1S/C24H25ClFN5O4.C14H18ClFN2O2.C10H9Cl2FO.C10H9N3O3.C5H11NO.CH2O3.2CH4.2K.H/c1-35-16-9-15(10-16)30(12-20(32)28-11-14-5-4-7-18(25)22(14)26)21(33)13-31-19-8-3-2-6-17(19)23(29-31)24(27)34;1-20-11-5-10(6-11)17-8-13(19)18-7-9-3-2-4-12(15)14(9)16;11-6-8(14)5-4-7-2-1-3-9(12)10(7)13;11-10(16)9-6-3-1-2-4-7(6)13(12-9)5-8(14)15;1-7-5-2-4(6)3-5;2-1-4-3;;;;;/h2-8,15-16H,9-13H2,1H3,(H2,27,34)(H,28,32);2-4,10-11,17H,5-8H2,1H3,(H,18,19);1-3H,4-6H2;1-4H,5H2,(H2,11,16)(H,14,15);4-5H,2-3,6H2,1H3;1,3H;2*1H4;;;/q;;;;;;;;2*+1;-1/p-1. The van der Waals surface area contributed by atoms with Crippen molar-refractivity contribution in [3.8, 4) is 0 Å². The third-order valence-electron chi connectivity index (χ3n) is 15.2. The molecule has 536 valence electrons. The fourth-order valence-corrected chi connectivity index (χ4v) is 10.4. The number of nitrogens with two attached hydrogens (primary N) is 3. The maximum Gasteiger partial charge on any atom is 1.00 e. The first kappa shape index (κ1) is 93.0. The minimum absolute atomic E-state index is 0. The Labute approximate surface area is 683 Å². The number of aromatic nitrogens is 4. The molecule has 5 aromatic carbocycles. The van der Waals surface area contributed by atoms with Gasteiger partial charge in [-0.15, -0.1) is 11.6 Å². The second kappa shape index (κ2) is 48.1. The number of alkyl halides is 1. The number of aryl methyl sites for hydroxylation is 1. The molecule has 0 atom stereocenters. The van der Waals surface area contributed by atoms with Crippen molar-refractivity contribution in [1.29, 1.82) is 0 Å². The van der Waals surface area contributed by atoms with E-state index in [-0.39, 0.29) is 239 Å². The number of aliphatic carboxylic acids is 1. The second-order valence-corrected chi connectivity index (χ2v) is 23.2. The van der Waals surface area contributed by atoms with Gasteiger partial charge in [0.25, 0.3) is 18.3 Å². The number of carboxylic acids is 1. The summed E-state index contributed by atoms with van der Waals surface area (Å²) in [5, 5.41) is 34.9. The van der Waals surface area contributed by atoms with Crippen LogP contribution in [0.25, 0.3) is 21.8 Å². The first-order valence-corrected chi connectivity index (χ1v) is 31.2. The number of Topliss-reactive ketones (excluding diaryl/α,β-unsaturated/α-hetero) is 1. The van der Waals surface area contributed by atoms with Gasteiger partial charge in [0, 0.05) is 80.9 Å². The summed E-state index contributed by atoms with van der Waals surface area (Å²) in [6.45, 7) is -0.581. The van der Waals surface area contributed by atoms with Crippen molar-refractivity contribution < 1.29 is 185 Å². The van der Waals surface area contributed by atoms with Crippen LogP contribution >= 0.6 is 46.4 Å². The van der Waals surface area contributed by atoms with E-state index in [9.17, 15) is 46.7 Å². The van der Waals surface area contributed by atoms with Crippen LogP contribution in [-0.2, 0) is 80.5 Å². The van der Waals surface area contributed by atoms with Crippen molar-refractivity contribution in [3.63, 3.8) is 0 Å². The molecule has 0 bridgehead atoms. The zero-order chi connectivity index (χ0) is 70.6. The molecule has 0 radical (unpaired) electrons. The molecule has 10 rings (SSSR count). The van der Waals surface area contributed by atoms with E-state index in [1.165, 1.54) is 38.5 Å². The molecule has 2 heterocycles. The van der Waals surface area contributed by atoms with Crippen molar-refractivity contribution in [3.05, 3.63) is 164 Å². The molecular formula is C66H82Cl4F3K2N11O14. The largest absolute Gasteiger partial charge is 1.00 e. The van der Waals surface area contributed by atoms with E-state index in [0.29, 0.717) is 76.5 Å². The Balaban J connectivity index is 0.00000130. The summed E-state index contributed by atoms with van der Waals surface area (Å²) in [5.41, 5.74) is 18.5. The number of hydrogen-bond donors (Lipinski definition) is 7. The van der Waals surface area contributed by atoms with Crippen LogP contribution in [0.2, 0.25) is 15.1 Å². The third-order valence-corrected chi connectivity index (χ3v) is 16.4. The van der Waals surface area contributed by atoms with E-state index < -0.39 is 41.1 Å². The number of rotatable bonds is 24. The number of carboxylic acid groups (broad SMARTS) is 1. The number of ether oxygens (including phenoxy) is 3. The number of halogens is 7. The molecule has 7 aromatic rings. The summed E-state index contributed by atoms with van der Waals surface area (Å²) < 4.78 is 59.1. The number of methoxy groups -OCH3 is 3. The Bertz CT molecular complexity index is 3800. The molecule has 3 fully saturated rings. The van der Waals surface area contributed by atoms with Gasteiger partial charge in [0.2, 0.25) is 17.7 Å². The monoisotopic (exact) mass is 1530 g/mol. The third kappa shape index (κ3) is 29.3. The number of amides is 5. The molecule has 0 unspecified atom stereocenters. The van der Waals surface area contributed by atoms with Crippen LogP contribution in [0.5, 0.6) is 0 Å². The summed E-state index contributed by atoms with van der Waals surface area (Å²) in [6.07, 6.45) is 6.50. The van der Waals surface area contributed by atoms with Gasteiger partial charge in [-0.2, -0.15) is 10.2 Å². The van der Waals surface area contributed by atoms with E-state index in [4.69, 9.17) is 93.0 Å². The van der Waals surface area contributed by atoms with Gasteiger partial charge in [0.1, 0.15) is 36.3 Å². The molecule has 0 spiro atoms. The number of hydrogen-bond acceptors (Lipinski definition) is 17. The van der Waals surface area contributed by atoms with Gasteiger partial charge in [0.05, 0.1) is 63.4 Å². The number of fused-ring (bicyclic) bond motifs is 2. The number of primary amides is 2. The smallest absolute Gasteiger partial charge is 1.00 e. The molecule has 0 saturated heterocycles. The number of para-hydroxylation sites is 2. The Kier molecular flexibility index (Phi) is 44.7. The predicted molar refractivity (Wildman–Crippen MR) is 363 cm³/mol. The van der Waals surface area contributed by atoms with Gasteiger partial charge < -0.3 is 68.9 Å². The molecule has 10 N–H and O–H groups in total. The van der Waals surface area contributed by atoms with Crippen molar-refractivity contribution >= 4 is 116 Å². The van der Waals surface area contributed by atoms with E-state index in [1.54, 1.807) is 100 Å². The van der Waals surface area contributed by atoms with Crippen LogP contribution in [0.4, 0.5) is 13.2 Å². The molecule has 34 heteroatoms. The zero-order valence-corrected chi connectivity index (χ0v) is 63.6. The van der Waals surface area contributed by atoms with Crippen LogP contribution < -0.4 is 141 Å². The molecule has 3 aliphatic rings. The van der Waals surface area contributed by atoms with Crippen molar-refractivity contribution in [2.24, 2.45) is 17.2 Å². The number of carbonyl (C=O) groups is 8. The van der Waals surface area contributed by atoms with E-state index in [0.717, 1.165) is 25.7 Å². The van der Waals surface area contributed by atoms with Gasteiger partial charge in [-0.1, -0.05) is 122 Å². The first-order valence-electron chi connectivity index (χ1n) is 29.6. The average Bonchev–Trinajstić information content (AvgIpc) is 1.74. The van der Waals surface area contributed by atoms with E-state index in [1.807, 2.05) is 0 Å².